The van der Waals surface area contributed by atoms with Crippen LogP contribution < -0.4 is 21.1 Å². The quantitative estimate of drug-likeness (QED) is 0.570. The van der Waals surface area contributed by atoms with Crippen LogP contribution in [0.1, 0.15) is 19.4 Å². The van der Waals surface area contributed by atoms with Crippen molar-refractivity contribution < 1.29 is 14.3 Å². The van der Waals surface area contributed by atoms with Crippen molar-refractivity contribution in [2.45, 2.75) is 19.3 Å². The van der Waals surface area contributed by atoms with E-state index in [1.54, 1.807) is 25.3 Å². The van der Waals surface area contributed by atoms with Gasteiger partial charge in [0.15, 0.2) is 0 Å². The zero-order valence-electron chi connectivity index (χ0n) is 15.1. The molecule has 0 aliphatic carbocycles. The summed E-state index contributed by atoms with van der Waals surface area (Å²) in [5.41, 5.74) is 9.12. The molecule has 8 nitrogen and oxygen atoms in total. The van der Waals surface area contributed by atoms with Crippen LogP contribution in [0.5, 0.6) is 5.75 Å². The lowest BCUT2D eigenvalue weighted by Crippen LogP contribution is -2.26. The molecule has 3 aromatic rings. The Morgan fingerprint density at radius 2 is 2.04 bits per heavy atom. The number of rotatable bonds is 3. The van der Waals surface area contributed by atoms with Crippen molar-refractivity contribution in [3.8, 4) is 17.1 Å². The SMILES string of the molecule is COc1cc(NC(N)=O)ccc1-c1nc2cc3c(cc2[nH]1)C(C)(C)C(=O)N3. The first-order valence-corrected chi connectivity index (χ1v) is 8.40. The summed E-state index contributed by atoms with van der Waals surface area (Å²) < 4.78 is 5.44. The summed E-state index contributed by atoms with van der Waals surface area (Å²) in [6.07, 6.45) is 0. The van der Waals surface area contributed by atoms with Crippen LogP contribution >= 0.6 is 0 Å². The van der Waals surface area contributed by atoms with Crippen LogP contribution in [0.15, 0.2) is 30.3 Å². The minimum atomic E-state index is -0.646. The van der Waals surface area contributed by atoms with Gasteiger partial charge in [0.2, 0.25) is 5.91 Å². The largest absolute Gasteiger partial charge is 0.496 e. The van der Waals surface area contributed by atoms with Crippen molar-refractivity contribution >= 4 is 34.3 Å². The van der Waals surface area contributed by atoms with E-state index in [1.807, 2.05) is 26.0 Å². The van der Waals surface area contributed by atoms with Gasteiger partial charge >= 0.3 is 6.03 Å². The van der Waals surface area contributed by atoms with E-state index >= 15 is 0 Å². The number of hydrogen-bond donors (Lipinski definition) is 4. The normalized spacial score (nSPS) is 14.7. The monoisotopic (exact) mass is 365 g/mol. The van der Waals surface area contributed by atoms with Crippen molar-refractivity contribution in [1.29, 1.82) is 0 Å². The maximum absolute atomic E-state index is 12.1. The van der Waals surface area contributed by atoms with Crippen molar-refractivity contribution in [3.05, 3.63) is 35.9 Å². The Kier molecular flexibility index (Phi) is 3.59. The highest BCUT2D eigenvalue weighted by Crippen LogP contribution is 2.40. The van der Waals surface area contributed by atoms with E-state index in [2.05, 4.69) is 20.6 Å². The summed E-state index contributed by atoms with van der Waals surface area (Å²) in [5, 5.41) is 5.42. The Balaban J connectivity index is 1.80. The number of ether oxygens (including phenoxy) is 1. The number of carbonyl (C=O) groups is 2. The molecule has 4 rings (SSSR count). The highest BCUT2D eigenvalue weighted by atomic mass is 16.5. The van der Waals surface area contributed by atoms with Gasteiger partial charge in [-0.3, -0.25) is 4.79 Å². The number of benzene rings is 2. The zero-order valence-corrected chi connectivity index (χ0v) is 15.1. The molecule has 0 saturated carbocycles. The van der Waals surface area contributed by atoms with Gasteiger partial charge in [0, 0.05) is 17.4 Å². The highest BCUT2D eigenvalue weighted by Gasteiger charge is 2.38. The predicted octanol–water partition coefficient (Wildman–Crippen LogP) is 2.96. The fourth-order valence-corrected chi connectivity index (χ4v) is 3.31. The number of fused-ring (bicyclic) bond motifs is 2. The number of nitrogens with two attached hydrogens (primary N) is 1. The topological polar surface area (TPSA) is 122 Å². The first-order valence-electron chi connectivity index (χ1n) is 8.40. The standard InChI is InChI=1S/C19H19N5O3/c1-19(2)11-7-13-14(8-12(11)24-17(19)25)23-16(22-13)10-5-4-9(21-18(20)26)6-15(10)27-3/h4-8H,1-3H3,(H,22,23)(H,24,25)(H3,20,21,26). The summed E-state index contributed by atoms with van der Waals surface area (Å²) >= 11 is 0. The molecule has 0 radical (unpaired) electrons. The van der Waals surface area contributed by atoms with Crippen LogP contribution in [0.3, 0.4) is 0 Å². The van der Waals surface area contributed by atoms with Gasteiger partial charge in [0.1, 0.15) is 11.6 Å². The summed E-state index contributed by atoms with van der Waals surface area (Å²) in [6.45, 7) is 3.79. The molecule has 1 aliphatic heterocycles. The Hall–Kier alpha value is -3.55. The number of imidazole rings is 1. The molecule has 5 N–H and O–H groups in total. The van der Waals surface area contributed by atoms with Gasteiger partial charge in [-0.2, -0.15) is 0 Å². The van der Waals surface area contributed by atoms with E-state index in [9.17, 15) is 9.59 Å². The third-order valence-electron chi connectivity index (χ3n) is 4.83. The van der Waals surface area contributed by atoms with Gasteiger partial charge in [-0.1, -0.05) is 0 Å². The number of urea groups is 1. The maximum Gasteiger partial charge on any atom is 0.316 e. The minimum Gasteiger partial charge on any atom is -0.496 e. The van der Waals surface area contributed by atoms with Crippen molar-refractivity contribution in [3.63, 3.8) is 0 Å². The lowest BCUT2D eigenvalue weighted by molar-refractivity contribution is -0.119. The van der Waals surface area contributed by atoms with Gasteiger partial charge in [-0.05, 0) is 43.7 Å². The molecule has 8 heteroatoms. The molecule has 0 fully saturated rings. The average molecular weight is 365 g/mol. The number of nitrogens with zero attached hydrogens (tertiary/aromatic N) is 1. The van der Waals surface area contributed by atoms with Crippen LogP contribution in [-0.2, 0) is 10.2 Å². The second kappa shape index (κ2) is 5.73. The number of amides is 3. The number of aromatic nitrogens is 2. The van der Waals surface area contributed by atoms with Gasteiger partial charge < -0.3 is 26.1 Å². The molecular formula is C19H19N5O3. The number of methoxy groups -OCH3 is 1. The minimum absolute atomic E-state index is 0.0235. The lowest BCUT2D eigenvalue weighted by atomic mass is 9.86. The third kappa shape index (κ3) is 2.66. The van der Waals surface area contributed by atoms with Gasteiger partial charge in [0.25, 0.3) is 0 Å². The molecule has 27 heavy (non-hydrogen) atoms. The molecule has 0 unspecified atom stereocenters. The van der Waals surface area contributed by atoms with E-state index in [0.717, 1.165) is 27.8 Å². The second-order valence-electron chi connectivity index (χ2n) is 6.98. The average Bonchev–Trinajstić information content (AvgIpc) is 3.11. The van der Waals surface area contributed by atoms with Crippen LogP contribution in [-0.4, -0.2) is 29.0 Å². The lowest BCUT2D eigenvalue weighted by Gasteiger charge is -2.14. The number of primary amides is 1. The Morgan fingerprint density at radius 1 is 1.26 bits per heavy atom. The van der Waals surface area contributed by atoms with Gasteiger partial charge in [0.05, 0.1) is 29.1 Å². The van der Waals surface area contributed by atoms with Crippen molar-refractivity contribution in [2.75, 3.05) is 17.7 Å². The van der Waals surface area contributed by atoms with E-state index in [-0.39, 0.29) is 5.91 Å². The molecule has 0 spiro atoms. The molecule has 2 heterocycles. The number of H-pyrrole nitrogens is 1. The summed E-state index contributed by atoms with van der Waals surface area (Å²) in [5.74, 6) is 1.14. The number of aromatic amines is 1. The van der Waals surface area contributed by atoms with Crippen LogP contribution in [0.2, 0.25) is 0 Å². The Labute approximate surface area is 155 Å². The van der Waals surface area contributed by atoms with Crippen LogP contribution in [0, 0.1) is 0 Å². The Bertz CT molecular complexity index is 1100. The molecule has 0 saturated heterocycles. The summed E-state index contributed by atoms with van der Waals surface area (Å²) in [4.78, 5) is 31.1. The third-order valence-corrected chi connectivity index (χ3v) is 4.83. The smallest absolute Gasteiger partial charge is 0.316 e. The van der Waals surface area contributed by atoms with Crippen molar-refractivity contribution in [2.24, 2.45) is 5.73 Å². The molecule has 0 atom stereocenters. The van der Waals surface area contributed by atoms with E-state index in [4.69, 9.17) is 10.5 Å². The molecule has 1 aromatic heterocycles. The first kappa shape index (κ1) is 16.9. The number of nitrogens with one attached hydrogen (secondary N) is 3. The molecule has 2 aromatic carbocycles. The number of carbonyl (C=O) groups excluding carboxylic acids is 2. The van der Waals surface area contributed by atoms with Crippen LogP contribution in [0.25, 0.3) is 22.4 Å². The number of hydrogen-bond acceptors (Lipinski definition) is 4. The van der Waals surface area contributed by atoms with E-state index in [0.29, 0.717) is 17.3 Å². The molecule has 0 bridgehead atoms. The first-order chi connectivity index (χ1) is 12.8. The van der Waals surface area contributed by atoms with E-state index < -0.39 is 11.4 Å². The van der Waals surface area contributed by atoms with Gasteiger partial charge in [-0.15, -0.1) is 0 Å². The van der Waals surface area contributed by atoms with Crippen LogP contribution in [0.4, 0.5) is 16.2 Å². The van der Waals surface area contributed by atoms with E-state index in [1.165, 1.54) is 0 Å². The Morgan fingerprint density at radius 3 is 2.74 bits per heavy atom. The summed E-state index contributed by atoms with van der Waals surface area (Å²) in [7, 11) is 1.54. The maximum atomic E-state index is 12.1. The van der Waals surface area contributed by atoms with Crippen molar-refractivity contribution in [1.82, 2.24) is 9.97 Å². The fraction of sp³-hybridized carbons (Fsp3) is 0.211. The molecule has 3 amide bonds. The van der Waals surface area contributed by atoms with Gasteiger partial charge in [-0.25, -0.2) is 9.78 Å². The molecule has 1 aliphatic rings. The number of anilines is 2. The summed E-state index contributed by atoms with van der Waals surface area (Å²) in [6, 6.07) is 8.37. The molecular weight excluding hydrogens is 346 g/mol. The highest BCUT2D eigenvalue weighted by molar-refractivity contribution is 6.07. The molecule has 138 valence electrons. The predicted molar refractivity (Wildman–Crippen MR) is 103 cm³/mol. The fourth-order valence-electron chi connectivity index (χ4n) is 3.31. The zero-order chi connectivity index (χ0) is 19.3. The second-order valence-corrected chi connectivity index (χ2v) is 6.98.